The van der Waals surface area contributed by atoms with Gasteiger partial charge in [0.05, 0.1) is 11.2 Å². The molecule has 1 N–H and O–H groups in total. The maximum atomic E-state index is 12.4. The van der Waals surface area contributed by atoms with Gasteiger partial charge in [0.2, 0.25) is 0 Å². The van der Waals surface area contributed by atoms with E-state index in [0.29, 0.717) is 5.56 Å². The molecule has 136 valence electrons. The van der Waals surface area contributed by atoms with Crippen LogP contribution in [-0.4, -0.2) is 55.3 Å². The molecule has 2 heterocycles. The van der Waals surface area contributed by atoms with Crippen LogP contribution in [0.4, 0.5) is 0 Å². The Morgan fingerprint density at radius 1 is 1.08 bits per heavy atom. The zero-order chi connectivity index (χ0) is 18.2. The molecule has 1 aromatic carbocycles. The second kappa shape index (κ2) is 6.74. The van der Waals surface area contributed by atoms with E-state index in [0.717, 1.165) is 31.4 Å². The Hall–Kier alpha value is -1.37. The number of amides is 1. The Labute approximate surface area is 151 Å². The second-order valence-corrected chi connectivity index (χ2v) is 8.26. The first-order valence-corrected chi connectivity index (χ1v) is 9.13. The molecule has 0 aliphatic carbocycles. The monoisotopic (exact) mass is 344 g/mol. The minimum atomic E-state index is -0.393. The molecule has 0 unspecified atom stereocenters. The van der Waals surface area contributed by atoms with Crippen molar-refractivity contribution in [3.8, 4) is 0 Å². The molecule has 25 heavy (non-hydrogen) atoms. The minimum absolute atomic E-state index is 0.00461. The molecule has 0 atom stereocenters. The summed E-state index contributed by atoms with van der Waals surface area (Å²) < 4.78 is 12.1. The Balaban J connectivity index is 1.62. The van der Waals surface area contributed by atoms with E-state index in [2.05, 4.69) is 17.3 Å². The first-order chi connectivity index (χ1) is 11.7. The molecule has 0 saturated carbocycles. The minimum Gasteiger partial charge on any atom is -0.399 e. The number of carbonyl (C=O) groups is 1. The Morgan fingerprint density at radius 2 is 1.60 bits per heavy atom. The lowest BCUT2D eigenvalue weighted by Crippen LogP contribution is -2.43. The highest BCUT2D eigenvalue weighted by Crippen LogP contribution is 2.36. The van der Waals surface area contributed by atoms with Gasteiger partial charge in [0.15, 0.2) is 0 Å². The molecule has 2 fully saturated rings. The molecular formula is C19H29BN2O3. The van der Waals surface area contributed by atoms with Crippen LogP contribution in [0.15, 0.2) is 24.3 Å². The topological polar surface area (TPSA) is 50.8 Å². The van der Waals surface area contributed by atoms with Crippen LogP contribution in [0.2, 0.25) is 0 Å². The summed E-state index contributed by atoms with van der Waals surface area (Å²) >= 11 is 0. The van der Waals surface area contributed by atoms with Crippen LogP contribution in [0.5, 0.6) is 0 Å². The smallest absolute Gasteiger partial charge is 0.399 e. The highest BCUT2D eigenvalue weighted by atomic mass is 16.7. The summed E-state index contributed by atoms with van der Waals surface area (Å²) in [4.78, 5) is 14.7. The maximum Gasteiger partial charge on any atom is 0.494 e. The van der Waals surface area contributed by atoms with Crippen LogP contribution in [0.1, 0.15) is 50.9 Å². The number of rotatable bonds is 3. The quantitative estimate of drug-likeness (QED) is 0.850. The third-order valence-corrected chi connectivity index (χ3v) is 5.75. The van der Waals surface area contributed by atoms with Crippen molar-refractivity contribution < 1.29 is 14.1 Å². The van der Waals surface area contributed by atoms with Gasteiger partial charge < -0.3 is 19.5 Å². The van der Waals surface area contributed by atoms with Gasteiger partial charge in [0.1, 0.15) is 0 Å². The van der Waals surface area contributed by atoms with Crippen molar-refractivity contribution in [1.82, 2.24) is 10.2 Å². The van der Waals surface area contributed by atoms with Gasteiger partial charge in [-0.1, -0.05) is 12.1 Å². The molecule has 5 nitrogen and oxygen atoms in total. The summed E-state index contributed by atoms with van der Waals surface area (Å²) in [5.41, 5.74) is 0.901. The van der Waals surface area contributed by atoms with Crippen molar-refractivity contribution in [3.63, 3.8) is 0 Å². The first kappa shape index (κ1) is 18.4. The summed E-state index contributed by atoms with van der Waals surface area (Å²) in [6.45, 7) is 10.2. The second-order valence-electron chi connectivity index (χ2n) is 8.26. The van der Waals surface area contributed by atoms with Crippen molar-refractivity contribution in [2.75, 3.05) is 20.1 Å². The van der Waals surface area contributed by atoms with Gasteiger partial charge in [-0.15, -0.1) is 0 Å². The molecule has 1 aromatic rings. The largest absolute Gasteiger partial charge is 0.494 e. The highest BCUT2D eigenvalue weighted by Gasteiger charge is 2.51. The predicted molar refractivity (Wildman–Crippen MR) is 100 cm³/mol. The van der Waals surface area contributed by atoms with Gasteiger partial charge in [-0.2, -0.15) is 0 Å². The molecule has 0 spiro atoms. The average molecular weight is 344 g/mol. The van der Waals surface area contributed by atoms with E-state index in [1.807, 2.05) is 52.0 Å². The Kier molecular flexibility index (Phi) is 4.97. The van der Waals surface area contributed by atoms with E-state index in [1.165, 1.54) is 0 Å². The number of likely N-dealkylation sites (tertiary alicyclic amines) is 1. The number of benzene rings is 1. The van der Waals surface area contributed by atoms with Gasteiger partial charge in [-0.25, -0.2) is 0 Å². The zero-order valence-corrected chi connectivity index (χ0v) is 16.0. The van der Waals surface area contributed by atoms with Gasteiger partial charge in [0.25, 0.3) is 5.91 Å². The fourth-order valence-electron chi connectivity index (χ4n) is 3.19. The van der Waals surface area contributed by atoms with Crippen LogP contribution in [0, 0.1) is 0 Å². The highest BCUT2D eigenvalue weighted by molar-refractivity contribution is 6.62. The molecule has 3 rings (SSSR count). The number of piperidine rings is 1. The molecule has 6 heteroatoms. The summed E-state index contributed by atoms with van der Waals surface area (Å²) in [7, 11) is 1.72. The van der Waals surface area contributed by atoms with Crippen LogP contribution in [0.25, 0.3) is 0 Å². The van der Waals surface area contributed by atoms with Crippen molar-refractivity contribution in [2.45, 2.75) is 57.8 Å². The molecule has 0 aromatic heterocycles. The van der Waals surface area contributed by atoms with E-state index < -0.39 is 7.12 Å². The fraction of sp³-hybridized carbons (Fsp3) is 0.632. The lowest BCUT2D eigenvalue weighted by Gasteiger charge is -2.32. The van der Waals surface area contributed by atoms with Crippen LogP contribution in [-0.2, 0) is 9.31 Å². The molecule has 2 aliphatic heterocycles. The first-order valence-electron chi connectivity index (χ1n) is 9.13. The predicted octanol–water partition coefficient (Wildman–Crippen LogP) is 1.81. The molecule has 0 bridgehead atoms. The summed E-state index contributed by atoms with van der Waals surface area (Å²) in [5, 5.41) is 3.14. The summed E-state index contributed by atoms with van der Waals surface area (Å²) in [5.74, 6) is -0.00461. The maximum absolute atomic E-state index is 12.4. The molecule has 1 amide bonds. The van der Waals surface area contributed by atoms with Crippen molar-refractivity contribution in [1.29, 1.82) is 0 Å². The Bertz CT molecular complexity index is 606. The van der Waals surface area contributed by atoms with Gasteiger partial charge in [-0.3, -0.25) is 4.79 Å². The fourth-order valence-corrected chi connectivity index (χ4v) is 3.19. The number of carbonyl (C=O) groups excluding carboxylic acids is 1. The average Bonchev–Trinajstić information content (AvgIpc) is 2.78. The molecule has 2 saturated heterocycles. The lowest BCUT2D eigenvalue weighted by atomic mass is 9.79. The van der Waals surface area contributed by atoms with Gasteiger partial charge >= 0.3 is 7.12 Å². The van der Waals surface area contributed by atoms with Gasteiger partial charge in [-0.05, 0) is 78.3 Å². The summed E-state index contributed by atoms with van der Waals surface area (Å²) in [6, 6.07) is 7.82. The van der Waals surface area contributed by atoms with Crippen molar-refractivity contribution in [3.05, 3.63) is 29.8 Å². The van der Waals surface area contributed by atoms with E-state index in [4.69, 9.17) is 9.31 Å². The van der Waals surface area contributed by atoms with Crippen LogP contribution in [0.3, 0.4) is 0 Å². The van der Waals surface area contributed by atoms with Gasteiger partial charge in [0, 0.05) is 11.6 Å². The standard InChI is InChI=1S/C19H29BN2O3/c1-18(2)19(3,4)25-20(24-18)15-8-6-14(7-9-15)17(23)21-16-10-12-22(5)13-11-16/h6-9,16H,10-13H2,1-5H3,(H,21,23). The normalized spacial score (nSPS) is 23.6. The van der Waals surface area contributed by atoms with E-state index in [-0.39, 0.29) is 23.2 Å². The Morgan fingerprint density at radius 3 is 2.12 bits per heavy atom. The molecular weight excluding hydrogens is 315 g/mol. The van der Waals surface area contributed by atoms with E-state index in [1.54, 1.807) is 0 Å². The number of hydrogen-bond donors (Lipinski definition) is 1. The summed E-state index contributed by atoms with van der Waals surface area (Å²) in [6.07, 6.45) is 2.02. The van der Waals surface area contributed by atoms with Crippen LogP contribution >= 0.6 is 0 Å². The molecule has 0 radical (unpaired) electrons. The lowest BCUT2D eigenvalue weighted by molar-refractivity contribution is 0.00578. The number of hydrogen-bond acceptors (Lipinski definition) is 4. The van der Waals surface area contributed by atoms with Crippen LogP contribution < -0.4 is 10.8 Å². The van der Waals surface area contributed by atoms with E-state index in [9.17, 15) is 4.79 Å². The number of nitrogens with zero attached hydrogens (tertiary/aromatic N) is 1. The zero-order valence-electron chi connectivity index (χ0n) is 16.0. The molecule has 2 aliphatic rings. The third kappa shape index (κ3) is 3.91. The van der Waals surface area contributed by atoms with Crippen molar-refractivity contribution >= 4 is 18.5 Å². The van der Waals surface area contributed by atoms with Crippen molar-refractivity contribution in [2.24, 2.45) is 0 Å². The third-order valence-electron chi connectivity index (χ3n) is 5.75. The SMILES string of the molecule is CN1CCC(NC(=O)c2ccc(B3OC(C)(C)C(C)(C)O3)cc2)CC1. The number of nitrogens with one attached hydrogen (secondary N) is 1. The van der Waals surface area contributed by atoms with E-state index >= 15 is 0 Å².